The Bertz CT molecular complexity index is 807. The number of alkyl halides is 3. The minimum Gasteiger partial charge on any atom is -0.335 e. The van der Waals surface area contributed by atoms with Crippen molar-refractivity contribution in [3.8, 4) is 0 Å². The highest BCUT2D eigenvalue weighted by atomic mass is 32.2. The summed E-state index contributed by atoms with van der Waals surface area (Å²) >= 11 is 0.771. The molecule has 0 bridgehead atoms. The van der Waals surface area contributed by atoms with Crippen LogP contribution in [-0.2, 0) is 17.5 Å². The van der Waals surface area contributed by atoms with Gasteiger partial charge in [0.2, 0.25) is 5.91 Å². The second-order valence-corrected chi connectivity index (χ2v) is 6.79. The number of aromatic amines is 1. The van der Waals surface area contributed by atoms with Crippen molar-refractivity contribution in [1.29, 1.82) is 0 Å². The molecule has 0 atom stereocenters. The highest BCUT2D eigenvalue weighted by Gasteiger charge is 2.33. The number of rotatable bonds is 6. The normalized spacial score (nSPS) is 11.6. The highest BCUT2D eigenvalue weighted by Crippen LogP contribution is 2.27. The van der Waals surface area contributed by atoms with Crippen LogP contribution in [0.2, 0.25) is 0 Å². The van der Waals surface area contributed by atoms with Crippen LogP contribution in [0, 0.1) is 0 Å². The summed E-state index contributed by atoms with van der Waals surface area (Å²) < 4.78 is 38.2. The van der Waals surface area contributed by atoms with Crippen LogP contribution in [0.4, 0.5) is 13.2 Å². The quantitative estimate of drug-likeness (QED) is 0.612. The molecule has 0 saturated carbocycles. The molecule has 1 N–H and O–H groups in total. The van der Waals surface area contributed by atoms with E-state index in [4.69, 9.17) is 0 Å². The van der Waals surface area contributed by atoms with E-state index in [0.29, 0.717) is 12.6 Å². The third kappa shape index (κ3) is 5.62. The summed E-state index contributed by atoms with van der Waals surface area (Å²) in [4.78, 5) is 31.1. The Morgan fingerprint density at radius 3 is 2.50 bits per heavy atom. The molecule has 0 saturated heterocycles. The smallest absolute Gasteiger partial charge is 0.335 e. The Balaban J connectivity index is 2.08. The van der Waals surface area contributed by atoms with Crippen molar-refractivity contribution in [3.63, 3.8) is 0 Å². The Hall–Kier alpha value is -2.29. The zero-order valence-corrected chi connectivity index (χ0v) is 15.0. The van der Waals surface area contributed by atoms with Gasteiger partial charge in [-0.25, -0.2) is 4.98 Å². The molecule has 9 heteroatoms. The maximum absolute atomic E-state index is 12.7. The Kier molecular flexibility index (Phi) is 6.47. The van der Waals surface area contributed by atoms with Crippen LogP contribution in [0.25, 0.3) is 0 Å². The second kappa shape index (κ2) is 8.39. The van der Waals surface area contributed by atoms with Crippen molar-refractivity contribution in [2.45, 2.75) is 37.8 Å². The number of H-pyrrole nitrogens is 1. The first kappa shape index (κ1) is 20.0. The molecule has 0 unspecified atom stereocenters. The van der Waals surface area contributed by atoms with E-state index < -0.39 is 17.4 Å². The second-order valence-electron chi connectivity index (χ2n) is 5.82. The van der Waals surface area contributed by atoms with Crippen LogP contribution in [0.3, 0.4) is 0 Å². The fraction of sp³-hybridized carbons (Fsp3) is 0.353. The molecule has 1 aromatic heterocycles. The van der Waals surface area contributed by atoms with Gasteiger partial charge in [0.05, 0.1) is 5.75 Å². The molecular weight excluding hydrogens is 367 g/mol. The number of nitrogens with zero attached hydrogens (tertiary/aromatic N) is 2. The van der Waals surface area contributed by atoms with Gasteiger partial charge in [-0.1, -0.05) is 42.1 Å². The van der Waals surface area contributed by atoms with Crippen molar-refractivity contribution >= 4 is 17.7 Å². The fourth-order valence-electron chi connectivity index (χ4n) is 2.20. The lowest BCUT2D eigenvalue weighted by atomic mass is 10.2. The largest absolute Gasteiger partial charge is 0.433 e. The number of nitrogens with one attached hydrogen (secondary N) is 1. The lowest BCUT2D eigenvalue weighted by Gasteiger charge is -2.26. The number of hydrogen-bond donors (Lipinski definition) is 1. The molecule has 2 aromatic rings. The van der Waals surface area contributed by atoms with Crippen LogP contribution in [0.1, 0.15) is 25.1 Å². The van der Waals surface area contributed by atoms with E-state index >= 15 is 0 Å². The summed E-state index contributed by atoms with van der Waals surface area (Å²) in [5.74, 6) is -0.385. The maximum atomic E-state index is 12.7. The first-order chi connectivity index (χ1) is 12.2. The van der Waals surface area contributed by atoms with E-state index in [1.54, 1.807) is 4.90 Å². The first-order valence-corrected chi connectivity index (χ1v) is 8.80. The topological polar surface area (TPSA) is 66.1 Å². The van der Waals surface area contributed by atoms with E-state index in [0.717, 1.165) is 17.3 Å². The summed E-state index contributed by atoms with van der Waals surface area (Å²) in [6, 6.07) is 9.69. The zero-order valence-electron chi connectivity index (χ0n) is 14.2. The maximum Gasteiger partial charge on any atom is 0.433 e. The van der Waals surface area contributed by atoms with Gasteiger partial charge >= 0.3 is 6.18 Å². The average Bonchev–Trinajstić information content (AvgIpc) is 2.57. The van der Waals surface area contributed by atoms with Gasteiger partial charge in [-0.3, -0.25) is 9.59 Å². The number of amides is 1. The molecule has 140 valence electrons. The SMILES string of the molecule is CC(C)N(Cc1ccccc1)C(=O)CSc1nc(C(F)(F)F)cc(=O)[nH]1. The molecule has 0 fully saturated rings. The molecule has 26 heavy (non-hydrogen) atoms. The Labute approximate surface area is 152 Å². The van der Waals surface area contributed by atoms with E-state index in [2.05, 4.69) is 9.97 Å². The molecule has 1 aromatic carbocycles. The number of carbonyl (C=O) groups excluding carboxylic acids is 1. The third-order valence-corrected chi connectivity index (χ3v) is 4.34. The average molecular weight is 385 g/mol. The molecule has 0 spiro atoms. The summed E-state index contributed by atoms with van der Waals surface area (Å²) in [6.45, 7) is 4.11. The van der Waals surface area contributed by atoms with Crippen LogP contribution < -0.4 is 5.56 Å². The minimum absolute atomic E-state index is 0.0863. The summed E-state index contributed by atoms with van der Waals surface area (Å²) in [5.41, 5.74) is -1.24. The number of thioether (sulfide) groups is 1. The molecule has 1 amide bonds. The van der Waals surface area contributed by atoms with Crippen molar-refractivity contribution < 1.29 is 18.0 Å². The van der Waals surface area contributed by atoms with Crippen LogP contribution >= 0.6 is 11.8 Å². The molecule has 0 radical (unpaired) electrons. The standard InChI is InChI=1S/C17H18F3N3O2S/c1-11(2)23(9-12-6-4-3-5-7-12)15(25)10-26-16-21-13(17(18,19)20)8-14(24)22-16/h3-8,11H,9-10H2,1-2H3,(H,21,22,24). The van der Waals surface area contributed by atoms with E-state index in [1.807, 2.05) is 44.2 Å². The van der Waals surface area contributed by atoms with Gasteiger partial charge in [0.25, 0.3) is 5.56 Å². The Morgan fingerprint density at radius 1 is 1.27 bits per heavy atom. The lowest BCUT2D eigenvalue weighted by Crippen LogP contribution is -2.37. The number of carbonyl (C=O) groups is 1. The summed E-state index contributed by atoms with van der Waals surface area (Å²) in [5, 5.41) is -0.235. The van der Waals surface area contributed by atoms with Crippen LogP contribution in [-0.4, -0.2) is 32.6 Å². The minimum atomic E-state index is -4.72. The monoisotopic (exact) mass is 385 g/mol. The van der Waals surface area contributed by atoms with Gasteiger partial charge < -0.3 is 9.88 Å². The van der Waals surface area contributed by atoms with E-state index in [9.17, 15) is 22.8 Å². The first-order valence-electron chi connectivity index (χ1n) is 7.81. The number of hydrogen-bond acceptors (Lipinski definition) is 4. The predicted octanol–water partition coefficient (Wildman–Crippen LogP) is 3.32. The molecule has 1 heterocycles. The van der Waals surface area contributed by atoms with E-state index in [1.165, 1.54) is 0 Å². The van der Waals surface area contributed by atoms with Crippen molar-refractivity contribution in [2.24, 2.45) is 0 Å². The summed E-state index contributed by atoms with van der Waals surface area (Å²) in [6.07, 6.45) is -4.72. The molecule has 2 rings (SSSR count). The van der Waals surface area contributed by atoms with Gasteiger partial charge in [-0.2, -0.15) is 13.2 Å². The third-order valence-electron chi connectivity index (χ3n) is 3.48. The number of benzene rings is 1. The van der Waals surface area contributed by atoms with Crippen molar-refractivity contribution in [1.82, 2.24) is 14.9 Å². The lowest BCUT2D eigenvalue weighted by molar-refractivity contribution is -0.141. The van der Waals surface area contributed by atoms with Crippen LogP contribution in [0.5, 0.6) is 0 Å². The van der Waals surface area contributed by atoms with Gasteiger partial charge in [0, 0.05) is 18.7 Å². The molecular formula is C17H18F3N3O2S. The van der Waals surface area contributed by atoms with Gasteiger partial charge in [0.1, 0.15) is 0 Å². The Morgan fingerprint density at radius 2 is 1.92 bits per heavy atom. The van der Waals surface area contributed by atoms with Gasteiger partial charge in [-0.15, -0.1) is 0 Å². The fourth-order valence-corrected chi connectivity index (χ4v) is 2.96. The van der Waals surface area contributed by atoms with Gasteiger partial charge in [-0.05, 0) is 19.4 Å². The molecule has 0 aliphatic carbocycles. The molecule has 0 aliphatic rings. The summed E-state index contributed by atoms with van der Waals surface area (Å²) in [7, 11) is 0. The highest BCUT2D eigenvalue weighted by molar-refractivity contribution is 7.99. The van der Waals surface area contributed by atoms with E-state index in [-0.39, 0.29) is 22.9 Å². The van der Waals surface area contributed by atoms with Gasteiger partial charge in [0.15, 0.2) is 10.9 Å². The van der Waals surface area contributed by atoms with Crippen LogP contribution in [0.15, 0.2) is 46.3 Å². The predicted molar refractivity (Wildman–Crippen MR) is 92.7 cm³/mol. The van der Waals surface area contributed by atoms with Crippen molar-refractivity contribution in [2.75, 3.05) is 5.75 Å². The number of aromatic nitrogens is 2. The molecule has 5 nitrogen and oxygen atoms in total. The van der Waals surface area contributed by atoms with Crippen molar-refractivity contribution in [3.05, 3.63) is 58.0 Å². The molecule has 0 aliphatic heterocycles. The number of halogens is 3. The zero-order chi connectivity index (χ0) is 19.3.